The third kappa shape index (κ3) is 2.91. The van der Waals surface area contributed by atoms with Gasteiger partial charge in [0.15, 0.2) is 0 Å². The molecule has 1 saturated carbocycles. The molecule has 1 amide bonds. The molecule has 0 N–H and O–H groups in total. The fraction of sp³-hybridized carbons (Fsp3) is 0.615. The van der Waals surface area contributed by atoms with Crippen molar-refractivity contribution in [1.82, 2.24) is 4.90 Å². The Morgan fingerprint density at radius 1 is 1.50 bits per heavy atom. The zero-order valence-corrected chi connectivity index (χ0v) is 13.7. The van der Waals surface area contributed by atoms with Gasteiger partial charge in [0.2, 0.25) is 0 Å². The van der Waals surface area contributed by atoms with Crippen molar-refractivity contribution < 1.29 is 4.79 Å². The molecule has 1 aliphatic carbocycles. The Hall–Kier alpha value is -0.0600. The van der Waals surface area contributed by atoms with Gasteiger partial charge in [-0.25, -0.2) is 0 Å². The molecule has 1 aromatic heterocycles. The van der Waals surface area contributed by atoms with E-state index in [1.807, 2.05) is 24.9 Å². The van der Waals surface area contributed by atoms with Gasteiger partial charge in [0.25, 0.3) is 5.91 Å². The first-order valence-corrected chi connectivity index (χ1v) is 8.22. The molecule has 0 aliphatic heterocycles. The molecule has 1 fully saturated rings. The van der Waals surface area contributed by atoms with Crippen molar-refractivity contribution in [3.05, 3.63) is 20.3 Å². The molecular weight excluding hydrogens is 334 g/mol. The molecule has 2 rings (SSSR count). The largest absolute Gasteiger partial charge is 0.337 e. The van der Waals surface area contributed by atoms with E-state index in [4.69, 9.17) is 11.6 Å². The molecule has 2 unspecified atom stereocenters. The fourth-order valence-electron chi connectivity index (χ4n) is 2.39. The van der Waals surface area contributed by atoms with Gasteiger partial charge < -0.3 is 4.90 Å². The summed E-state index contributed by atoms with van der Waals surface area (Å²) in [5.74, 6) is 0.0892. The Balaban J connectivity index is 2.12. The number of amides is 1. The summed E-state index contributed by atoms with van der Waals surface area (Å²) in [6, 6.07) is 2.12. The lowest BCUT2D eigenvalue weighted by Crippen LogP contribution is -2.44. The minimum Gasteiger partial charge on any atom is -0.337 e. The quantitative estimate of drug-likeness (QED) is 0.722. The number of thiophene rings is 1. The molecule has 1 aliphatic rings. The second kappa shape index (κ2) is 5.93. The maximum Gasteiger partial charge on any atom is 0.264 e. The highest BCUT2D eigenvalue weighted by Crippen LogP contribution is 2.31. The number of carbonyl (C=O) groups excluding carboxylic acids is 1. The Bertz CT molecular complexity index is 429. The predicted molar refractivity (Wildman–Crippen MR) is 80.7 cm³/mol. The van der Waals surface area contributed by atoms with Crippen molar-refractivity contribution in [1.29, 1.82) is 0 Å². The van der Waals surface area contributed by atoms with Crippen LogP contribution in [0, 0.1) is 6.92 Å². The van der Waals surface area contributed by atoms with E-state index in [9.17, 15) is 4.79 Å². The molecule has 100 valence electrons. The van der Waals surface area contributed by atoms with Crippen molar-refractivity contribution in [2.45, 2.75) is 44.0 Å². The van der Waals surface area contributed by atoms with E-state index < -0.39 is 0 Å². The van der Waals surface area contributed by atoms with E-state index in [0.717, 1.165) is 27.1 Å². The Labute approximate surface area is 125 Å². The highest BCUT2D eigenvalue weighted by molar-refractivity contribution is 9.11. The maximum absolute atomic E-state index is 12.4. The fourth-order valence-corrected chi connectivity index (χ4v) is 4.36. The normalized spacial score (nSPS) is 24.0. The van der Waals surface area contributed by atoms with Gasteiger partial charge in [0.1, 0.15) is 0 Å². The molecule has 0 spiro atoms. The molecule has 2 atom stereocenters. The summed E-state index contributed by atoms with van der Waals surface area (Å²) in [6.07, 6.45) is 4.37. The van der Waals surface area contributed by atoms with Crippen molar-refractivity contribution in [3.8, 4) is 0 Å². The first-order valence-electron chi connectivity index (χ1n) is 6.18. The number of alkyl halides is 1. The Morgan fingerprint density at radius 3 is 2.72 bits per heavy atom. The topological polar surface area (TPSA) is 20.3 Å². The van der Waals surface area contributed by atoms with Crippen molar-refractivity contribution in [2.75, 3.05) is 7.05 Å². The van der Waals surface area contributed by atoms with Gasteiger partial charge in [-0.05, 0) is 47.3 Å². The molecule has 0 radical (unpaired) electrons. The molecule has 5 heteroatoms. The van der Waals surface area contributed by atoms with E-state index in [0.29, 0.717) is 0 Å². The lowest BCUT2D eigenvalue weighted by Gasteiger charge is -2.34. The number of hydrogen-bond acceptors (Lipinski definition) is 2. The van der Waals surface area contributed by atoms with E-state index in [1.54, 1.807) is 0 Å². The van der Waals surface area contributed by atoms with Gasteiger partial charge in [0, 0.05) is 13.1 Å². The smallest absolute Gasteiger partial charge is 0.264 e. The van der Waals surface area contributed by atoms with Crippen LogP contribution >= 0.6 is 38.9 Å². The van der Waals surface area contributed by atoms with Gasteiger partial charge in [0.05, 0.1) is 14.0 Å². The van der Waals surface area contributed by atoms with Crippen LogP contribution in [0.3, 0.4) is 0 Å². The van der Waals surface area contributed by atoms with Crippen molar-refractivity contribution >= 4 is 44.8 Å². The summed E-state index contributed by atoms with van der Waals surface area (Å²) >= 11 is 11.3. The highest BCUT2D eigenvalue weighted by atomic mass is 79.9. The monoisotopic (exact) mass is 349 g/mol. The Kier molecular flexibility index (Phi) is 4.73. The third-order valence-corrected chi connectivity index (χ3v) is 6.17. The van der Waals surface area contributed by atoms with Crippen LogP contribution in [-0.2, 0) is 0 Å². The predicted octanol–water partition coefficient (Wildman–Crippen LogP) is 4.44. The average Bonchev–Trinajstić information content (AvgIpc) is 2.68. The van der Waals surface area contributed by atoms with Crippen LogP contribution < -0.4 is 0 Å². The Morgan fingerprint density at radius 2 is 2.17 bits per heavy atom. The summed E-state index contributed by atoms with van der Waals surface area (Å²) in [5.41, 5.74) is 1.11. The summed E-state index contributed by atoms with van der Waals surface area (Å²) in [7, 11) is 1.87. The lowest BCUT2D eigenvalue weighted by atomic mass is 9.94. The second-order valence-corrected chi connectivity index (χ2v) is 7.78. The zero-order chi connectivity index (χ0) is 13.3. The number of hydrogen-bond donors (Lipinski definition) is 0. The number of carbonyl (C=O) groups is 1. The zero-order valence-electron chi connectivity index (χ0n) is 10.6. The third-order valence-electron chi connectivity index (χ3n) is 3.53. The molecule has 18 heavy (non-hydrogen) atoms. The van der Waals surface area contributed by atoms with Gasteiger partial charge in [-0.2, -0.15) is 0 Å². The van der Waals surface area contributed by atoms with Crippen molar-refractivity contribution in [3.63, 3.8) is 0 Å². The molecule has 0 bridgehead atoms. The minimum absolute atomic E-state index is 0.0892. The first kappa shape index (κ1) is 14.4. The molecular formula is C13H17BrClNOS. The van der Waals surface area contributed by atoms with Crippen LogP contribution in [0.4, 0.5) is 0 Å². The molecule has 1 aromatic rings. The van der Waals surface area contributed by atoms with Crippen LogP contribution in [0.5, 0.6) is 0 Å². The van der Waals surface area contributed by atoms with Gasteiger partial charge in [-0.15, -0.1) is 22.9 Å². The molecule has 1 heterocycles. The summed E-state index contributed by atoms with van der Waals surface area (Å²) in [4.78, 5) is 15.0. The number of nitrogens with zero attached hydrogens (tertiary/aromatic N) is 1. The molecule has 2 nitrogen and oxygen atoms in total. The average molecular weight is 351 g/mol. The van der Waals surface area contributed by atoms with E-state index >= 15 is 0 Å². The van der Waals surface area contributed by atoms with Gasteiger partial charge >= 0.3 is 0 Å². The minimum atomic E-state index is 0.0892. The van der Waals surface area contributed by atoms with Crippen LogP contribution in [0.1, 0.15) is 40.9 Å². The second-order valence-electron chi connectivity index (χ2n) is 4.85. The van der Waals surface area contributed by atoms with Gasteiger partial charge in [-0.1, -0.05) is 12.8 Å². The SMILES string of the molecule is Cc1cc(C(=O)N(C)C2CCCCC2Cl)sc1Br. The summed E-state index contributed by atoms with van der Waals surface area (Å²) in [6.45, 7) is 2.00. The number of halogens is 2. The van der Waals surface area contributed by atoms with Gasteiger partial charge in [-0.3, -0.25) is 4.79 Å². The van der Waals surface area contributed by atoms with E-state index in [1.165, 1.54) is 24.2 Å². The summed E-state index contributed by atoms with van der Waals surface area (Å²) in [5, 5.41) is 0.0946. The maximum atomic E-state index is 12.4. The van der Waals surface area contributed by atoms with Crippen LogP contribution in [-0.4, -0.2) is 29.3 Å². The standard InChI is InChI=1S/C13H17BrClNOS/c1-8-7-11(18-12(8)14)13(17)16(2)10-6-4-3-5-9(10)15/h7,9-10H,3-6H2,1-2H3. The first-order chi connectivity index (χ1) is 8.50. The van der Waals surface area contributed by atoms with E-state index in [2.05, 4.69) is 15.9 Å². The van der Waals surface area contributed by atoms with Crippen LogP contribution in [0.2, 0.25) is 0 Å². The summed E-state index contributed by atoms with van der Waals surface area (Å²) < 4.78 is 1.03. The molecule has 0 aromatic carbocycles. The van der Waals surface area contributed by atoms with Crippen molar-refractivity contribution in [2.24, 2.45) is 0 Å². The number of rotatable bonds is 2. The molecule has 0 saturated heterocycles. The van der Waals surface area contributed by atoms with E-state index in [-0.39, 0.29) is 17.3 Å². The number of aryl methyl sites for hydroxylation is 1. The highest BCUT2D eigenvalue weighted by Gasteiger charge is 2.30. The van der Waals surface area contributed by atoms with Crippen LogP contribution in [0.25, 0.3) is 0 Å². The van der Waals surface area contributed by atoms with Crippen LogP contribution in [0.15, 0.2) is 9.85 Å². The lowest BCUT2D eigenvalue weighted by molar-refractivity contribution is 0.0705.